The van der Waals surface area contributed by atoms with E-state index in [1.54, 1.807) is 0 Å². The third-order valence-corrected chi connectivity index (χ3v) is 7.20. The van der Waals surface area contributed by atoms with Crippen LogP contribution in [0.1, 0.15) is 36.4 Å². The maximum atomic E-state index is 12.9. The van der Waals surface area contributed by atoms with E-state index in [1.807, 2.05) is 48.5 Å². The van der Waals surface area contributed by atoms with E-state index < -0.39 is 0 Å². The minimum Gasteiger partial charge on any atom is -0.348 e. The van der Waals surface area contributed by atoms with Crippen LogP contribution in [0.4, 0.5) is 0 Å². The van der Waals surface area contributed by atoms with Crippen LogP contribution in [0.3, 0.4) is 0 Å². The van der Waals surface area contributed by atoms with Crippen LogP contribution in [-0.2, 0) is 20.8 Å². The number of aryl methyl sites for hydroxylation is 1. The topological polar surface area (TPSA) is 66.5 Å². The summed E-state index contributed by atoms with van der Waals surface area (Å²) in [6.07, 6.45) is 7.67. The predicted molar refractivity (Wildman–Crippen MR) is 121 cm³/mol. The fraction of sp³-hybridized carbons (Fsp3) is 0.370. The van der Waals surface area contributed by atoms with Gasteiger partial charge in [0.1, 0.15) is 6.54 Å². The number of carbonyl (C=O) groups excluding carboxylic acids is 3. The van der Waals surface area contributed by atoms with Crippen LogP contribution in [0, 0.1) is 23.7 Å². The van der Waals surface area contributed by atoms with E-state index in [0.29, 0.717) is 0 Å². The molecule has 3 aliphatic rings. The smallest absolute Gasteiger partial charge is 0.240 e. The molecule has 3 amide bonds. The van der Waals surface area contributed by atoms with Crippen LogP contribution in [0.5, 0.6) is 0 Å². The lowest BCUT2D eigenvalue weighted by atomic mass is 9.85. The fourth-order valence-electron chi connectivity index (χ4n) is 5.67. The van der Waals surface area contributed by atoms with Crippen molar-refractivity contribution in [2.75, 3.05) is 6.54 Å². The number of nitrogens with zero attached hydrogens (tertiary/aromatic N) is 1. The molecule has 5 unspecified atom stereocenters. The van der Waals surface area contributed by atoms with Gasteiger partial charge in [0, 0.05) is 0 Å². The van der Waals surface area contributed by atoms with Crippen molar-refractivity contribution in [3.63, 3.8) is 0 Å². The molecule has 2 bridgehead atoms. The Bertz CT molecular complexity index is 1000. The number of carbonyl (C=O) groups is 3. The number of allylic oxidation sites excluding steroid dienone is 2. The highest BCUT2D eigenvalue weighted by atomic mass is 16.2. The normalized spacial score (nSPS) is 26.4. The van der Waals surface area contributed by atoms with Gasteiger partial charge in [-0.05, 0) is 48.6 Å². The number of hydrogen-bond acceptors (Lipinski definition) is 3. The minimum absolute atomic E-state index is 0.155. The van der Waals surface area contributed by atoms with Crippen LogP contribution < -0.4 is 5.32 Å². The van der Waals surface area contributed by atoms with Crippen LogP contribution in [0.15, 0.2) is 72.8 Å². The van der Waals surface area contributed by atoms with E-state index in [9.17, 15) is 14.4 Å². The lowest BCUT2D eigenvalue weighted by Gasteiger charge is -2.22. The zero-order chi connectivity index (χ0) is 22.1. The van der Waals surface area contributed by atoms with Gasteiger partial charge in [-0.3, -0.25) is 19.3 Å². The van der Waals surface area contributed by atoms with Crippen LogP contribution in [-0.4, -0.2) is 29.2 Å². The highest BCUT2D eigenvalue weighted by Crippen LogP contribution is 2.52. The maximum Gasteiger partial charge on any atom is 0.240 e. The molecule has 2 aromatic rings. The first-order valence-corrected chi connectivity index (χ1v) is 11.5. The summed E-state index contributed by atoms with van der Waals surface area (Å²) in [5.41, 5.74) is 2.31. The molecule has 0 radical (unpaired) electrons. The molecule has 2 aliphatic carbocycles. The van der Waals surface area contributed by atoms with E-state index in [-0.39, 0.29) is 54.0 Å². The fourth-order valence-corrected chi connectivity index (χ4v) is 5.67. The predicted octanol–water partition coefficient (Wildman–Crippen LogP) is 3.67. The Morgan fingerprint density at radius 1 is 0.906 bits per heavy atom. The summed E-state index contributed by atoms with van der Waals surface area (Å²) in [5.74, 6) is -0.837. The summed E-state index contributed by atoms with van der Waals surface area (Å²) in [6.45, 7) is -0.188. The van der Waals surface area contributed by atoms with Crippen molar-refractivity contribution in [1.82, 2.24) is 10.2 Å². The molecule has 2 aromatic carbocycles. The lowest BCUT2D eigenvalue weighted by Crippen LogP contribution is -2.42. The van der Waals surface area contributed by atoms with Crippen molar-refractivity contribution in [2.45, 2.75) is 31.7 Å². The Morgan fingerprint density at radius 3 is 2.12 bits per heavy atom. The summed E-state index contributed by atoms with van der Waals surface area (Å²) in [5, 5.41) is 3.09. The molecule has 1 heterocycles. The molecule has 1 saturated heterocycles. The van der Waals surface area contributed by atoms with E-state index >= 15 is 0 Å². The van der Waals surface area contributed by atoms with Gasteiger partial charge in [0.15, 0.2) is 0 Å². The van der Waals surface area contributed by atoms with E-state index in [1.165, 1.54) is 10.5 Å². The van der Waals surface area contributed by atoms with Gasteiger partial charge in [0.2, 0.25) is 17.7 Å². The first-order valence-electron chi connectivity index (χ1n) is 11.5. The van der Waals surface area contributed by atoms with Gasteiger partial charge in [0.25, 0.3) is 0 Å². The molecule has 5 atom stereocenters. The summed E-state index contributed by atoms with van der Waals surface area (Å²) in [7, 11) is 0. The highest BCUT2D eigenvalue weighted by molar-refractivity contribution is 6.08. The Kier molecular flexibility index (Phi) is 5.64. The van der Waals surface area contributed by atoms with Crippen LogP contribution >= 0.6 is 0 Å². The second-order valence-electron chi connectivity index (χ2n) is 9.17. The first-order chi connectivity index (χ1) is 15.6. The number of benzene rings is 2. The maximum absolute atomic E-state index is 12.9. The molecule has 5 heteroatoms. The largest absolute Gasteiger partial charge is 0.348 e. The van der Waals surface area contributed by atoms with Gasteiger partial charge in [-0.25, -0.2) is 0 Å². The average Bonchev–Trinajstić information content (AvgIpc) is 3.50. The van der Waals surface area contributed by atoms with Crippen molar-refractivity contribution < 1.29 is 14.4 Å². The molecule has 1 aliphatic heterocycles. The van der Waals surface area contributed by atoms with Crippen molar-refractivity contribution >= 4 is 17.7 Å². The summed E-state index contributed by atoms with van der Waals surface area (Å²) in [4.78, 5) is 39.9. The second-order valence-corrected chi connectivity index (χ2v) is 9.17. The second kappa shape index (κ2) is 8.73. The Hall–Kier alpha value is -3.21. The van der Waals surface area contributed by atoms with Gasteiger partial charge in [-0.15, -0.1) is 0 Å². The highest BCUT2D eigenvalue weighted by Gasteiger charge is 2.59. The Labute approximate surface area is 188 Å². The third-order valence-electron chi connectivity index (χ3n) is 7.20. The monoisotopic (exact) mass is 428 g/mol. The molecule has 2 fully saturated rings. The van der Waals surface area contributed by atoms with Crippen molar-refractivity contribution in [3.05, 3.63) is 83.9 Å². The number of hydrogen-bond donors (Lipinski definition) is 1. The number of imide groups is 1. The van der Waals surface area contributed by atoms with Gasteiger partial charge in [0.05, 0.1) is 17.9 Å². The average molecular weight is 429 g/mol. The van der Waals surface area contributed by atoms with E-state index in [2.05, 4.69) is 29.6 Å². The number of rotatable bonds is 8. The number of fused-ring (bicyclic) bond motifs is 5. The van der Waals surface area contributed by atoms with Gasteiger partial charge < -0.3 is 5.32 Å². The van der Waals surface area contributed by atoms with Gasteiger partial charge in [-0.1, -0.05) is 72.8 Å². The quantitative estimate of drug-likeness (QED) is 0.515. The molecule has 32 heavy (non-hydrogen) atoms. The molecule has 0 spiro atoms. The molecule has 1 saturated carbocycles. The van der Waals surface area contributed by atoms with E-state index in [4.69, 9.17) is 0 Å². The van der Waals surface area contributed by atoms with Crippen LogP contribution in [0.2, 0.25) is 0 Å². The number of amides is 3. The molecule has 5 nitrogen and oxygen atoms in total. The molecule has 164 valence electrons. The first kappa shape index (κ1) is 20.7. The molecular formula is C27H28N2O3. The Balaban J connectivity index is 1.23. The lowest BCUT2D eigenvalue weighted by molar-refractivity contribution is -0.144. The molecular weight excluding hydrogens is 400 g/mol. The zero-order valence-electron chi connectivity index (χ0n) is 18.0. The Morgan fingerprint density at radius 2 is 1.50 bits per heavy atom. The summed E-state index contributed by atoms with van der Waals surface area (Å²) in [6, 6.07) is 20.0. The molecule has 5 rings (SSSR count). The summed E-state index contributed by atoms with van der Waals surface area (Å²) < 4.78 is 0. The standard InChI is InChI=1S/C27H28N2O3/c30-23(17-29-26(31)24-20-14-15-21(16-20)25(24)27(29)32)28-22(19-11-5-2-6-12-19)13-7-10-18-8-3-1-4-9-18/h1-6,8-9,11-12,14-15,20-22,24-25H,7,10,13,16-17H2,(H,28,30). The number of likely N-dealkylation sites (tertiary alicyclic amines) is 1. The number of nitrogens with one attached hydrogen (secondary N) is 1. The van der Waals surface area contributed by atoms with Crippen molar-refractivity contribution in [1.29, 1.82) is 0 Å². The molecule has 0 aromatic heterocycles. The SMILES string of the molecule is O=C(CN1C(=O)C2C3C=CC(C3)C2C1=O)NC(CCCc1ccccc1)c1ccccc1. The molecule has 1 N–H and O–H groups in total. The van der Waals surface area contributed by atoms with Crippen molar-refractivity contribution in [2.24, 2.45) is 23.7 Å². The zero-order valence-corrected chi connectivity index (χ0v) is 18.0. The van der Waals surface area contributed by atoms with E-state index in [0.717, 1.165) is 31.2 Å². The van der Waals surface area contributed by atoms with Gasteiger partial charge >= 0.3 is 0 Å². The van der Waals surface area contributed by atoms with Gasteiger partial charge in [-0.2, -0.15) is 0 Å². The van der Waals surface area contributed by atoms with Crippen LogP contribution in [0.25, 0.3) is 0 Å². The third kappa shape index (κ3) is 3.88. The van der Waals surface area contributed by atoms with Crippen molar-refractivity contribution in [3.8, 4) is 0 Å². The summed E-state index contributed by atoms with van der Waals surface area (Å²) >= 11 is 0. The minimum atomic E-state index is -0.277.